The van der Waals surface area contributed by atoms with Crippen LogP contribution in [0.15, 0.2) is 0 Å². The highest BCUT2D eigenvalue weighted by molar-refractivity contribution is 6.71. The minimum absolute atomic E-state index is 0.0243. The van der Waals surface area contributed by atoms with Crippen LogP contribution in [-0.4, -0.2) is 29.4 Å². The molecule has 0 saturated carbocycles. The highest BCUT2D eigenvalue weighted by Crippen LogP contribution is 1.69. The molecule has 0 atom stereocenters. The number of rotatable bonds is 1. The van der Waals surface area contributed by atoms with Crippen LogP contribution in [0.5, 0.6) is 0 Å². The van der Waals surface area contributed by atoms with E-state index in [2.05, 4.69) is 15.4 Å². The molecule has 0 amide bonds. The minimum atomic E-state index is 0.0243. The van der Waals surface area contributed by atoms with Gasteiger partial charge in [0.15, 0.2) is 0 Å². The van der Waals surface area contributed by atoms with Gasteiger partial charge in [0.05, 0.1) is 0 Å². The van der Waals surface area contributed by atoms with Gasteiger partial charge in [0.1, 0.15) is 0 Å². The van der Waals surface area contributed by atoms with E-state index in [0.717, 1.165) is 15.1 Å². The van der Waals surface area contributed by atoms with Crippen molar-refractivity contribution in [3.05, 3.63) is 0 Å². The molecule has 0 bridgehead atoms. The molecule has 0 aromatic rings. The van der Waals surface area contributed by atoms with Crippen molar-refractivity contribution in [3.63, 3.8) is 0 Å². The van der Waals surface area contributed by atoms with Gasteiger partial charge in [0.2, 0.25) is 0 Å². The Morgan fingerprint density at radius 3 is 2.38 bits per heavy atom. The van der Waals surface area contributed by atoms with Crippen LogP contribution in [0.1, 0.15) is 0 Å². The average molecular weight is 111 g/mol. The average Bonchev–Trinajstić information content (AvgIpc) is 1.90. The maximum atomic E-state index is 4.93. The lowest BCUT2D eigenvalue weighted by molar-refractivity contribution is 0.411. The summed E-state index contributed by atoms with van der Waals surface area (Å²) in [5.74, 6) is 0. The highest BCUT2D eigenvalue weighted by atomic mass is 16.4. The standard InChI is InChI=1S/CH8B3N3O/c1-8-4-6-2-5-3-7-4/h2-3,5-7H,1H3. The molecular formula is CH8B3N3O. The van der Waals surface area contributed by atoms with Crippen LogP contribution < -0.4 is 15.4 Å². The third-order valence-electron chi connectivity index (χ3n) is 1.06. The maximum Gasteiger partial charge on any atom is 0.451 e. The largest absolute Gasteiger partial charge is 0.451 e. The number of hydrogen-bond donors (Lipinski definition) is 3. The van der Waals surface area contributed by atoms with Crippen molar-refractivity contribution < 1.29 is 4.65 Å². The molecule has 3 N–H and O–H groups in total. The summed E-state index contributed by atoms with van der Waals surface area (Å²) in [6, 6.07) is 0. The summed E-state index contributed by atoms with van der Waals surface area (Å²) < 4.78 is 4.93. The van der Waals surface area contributed by atoms with Gasteiger partial charge in [-0.05, 0) is 0 Å². The molecule has 4 nitrogen and oxygen atoms in total. The highest BCUT2D eigenvalue weighted by Gasteiger charge is 2.17. The van der Waals surface area contributed by atoms with Gasteiger partial charge >= 0.3 is 7.19 Å². The molecule has 1 heterocycles. The van der Waals surface area contributed by atoms with Crippen LogP contribution in [0.3, 0.4) is 0 Å². The molecule has 0 radical (unpaired) electrons. The Bertz CT molecular complexity index is 65.5. The first-order valence-electron chi connectivity index (χ1n) is 2.64. The molecule has 1 aliphatic rings. The van der Waals surface area contributed by atoms with Crippen LogP contribution in [0.4, 0.5) is 0 Å². The van der Waals surface area contributed by atoms with E-state index in [0.29, 0.717) is 0 Å². The van der Waals surface area contributed by atoms with Crippen LogP contribution in [-0.2, 0) is 4.65 Å². The Morgan fingerprint density at radius 2 is 2.00 bits per heavy atom. The zero-order chi connectivity index (χ0) is 5.82. The van der Waals surface area contributed by atoms with E-state index in [1.807, 2.05) is 0 Å². The lowest BCUT2D eigenvalue weighted by atomic mass is 9.80. The fraction of sp³-hybridized carbons (Fsp3) is 1.00. The molecule has 0 aromatic carbocycles. The Hall–Kier alpha value is 0.0348. The zero-order valence-electron chi connectivity index (χ0n) is 4.90. The Labute approximate surface area is 50.5 Å². The molecule has 0 aliphatic carbocycles. The summed E-state index contributed by atoms with van der Waals surface area (Å²) in [5, 5.41) is 9.10. The fourth-order valence-corrected chi connectivity index (χ4v) is 0.631. The van der Waals surface area contributed by atoms with Crippen molar-refractivity contribution in [1.29, 1.82) is 0 Å². The van der Waals surface area contributed by atoms with Crippen molar-refractivity contribution in [2.24, 2.45) is 0 Å². The van der Waals surface area contributed by atoms with E-state index in [9.17, 15) is 0 Å². The Balaban J connectivity index is 2.13. The van der Waals surface area contributed by atoms with Crippen LogP contribution in [0.2, 0.25) is 0 Å². The first kappa shape index (κ1) is 6.16. The zero-order valence-corrected chi connectivity index (χ0v) is 4.90. The molecule has 7 heteroatoms. The third kappa shape index (κ3) is 1.52. The lowest BCUT2D eigenvalue weighted by Gasteiger charge is -2.17. The normalized spacial score (nSPS) is 19.4. The van der Waals surface area contributed by atoms with Gasteiger partial charge in [0, 0.05) is 7.11 Å². The second kappa shape index (κ2) is 3.14. The molecule has 0 unspecified atom stereocenters. The Kier molecular flexibility index (Phi) is 2.42. The summed E-state index contributed by atoms with van der Waals surface area (Å²) in [4.78, 5) is 0. The monoisotopic (exact) mass is 111 g/mol. The smallest absolute Gasteiger partial charge is 0.412 e. The van der Waals surface area contributed by atoms with E-state index >= 15 is 0 Å². The first-order valence-corrected chi connectivity index (χ1v) is 2.64. The summed E-state index contributed by atoms with van der Waals surface area (Å²) >= 11 is 0. The van der Waals surface area contributed by atoms with Gasteiger partial charge in [-0.3, -0.25) is 0 Å². The minimum Gasteiger partial charge on any atom is -0.412 e. The molecule has 1 saturated heterocycles. The van der Waals surface area contributed by atoms with E-state index in [-0.39, 0.29) is 7.19 Å². The predicted octanol–water partition coefficient (Wildman–Crippen LogP) is -3.07. The van der Waals surface area contributed by atoms with E-state index < -0.39 is 0 Å². The SMILES string of the molecule is COB1NBNBN1. The quantitative estimate of drug-likeness (QED) is 0.314. The van der Waals surface area contributed by atoms with Gasteiger partial charge in [-0.25, -0.2) is 0 Å². The van der Waals surface area contributed by atoms with Gasteiger partial charge in [0.25, 0.3) is 15.1 Å². The number of hydrogen-bond acceptors (Lipinski definition) is 4. The summed E-state index contributed by atoms with van der Waals surface area (Å²) in [5.41, 5.74) is 0. The van der Waals surface area contributed by atoms with Crippen molar-refractivity contribution in [2.75, 3.05) is 7.11 Å². The lowest BCUT2D eigenvalue weighted by Crippen LogP contribution is -2.64. The van der Waals surface area contributed by atoms with E-state index in [4.69, 9.17) is 4.65 Å². The van der Waals surface area contributed by atoms with Gasteiger partial charge in [-0.2, -0.15) is 0 Å². The number of nitrogens with one attached hydrogen (secondary N) is 3. The Morgan fingerprint density at radius 1 is 1.38 bits per heavy atom. The summed E-state index contributed by atoms with van der Waals surface area (Å²) in [7, 11) is 3.31. The van der Waals surface area contributed by atoms with Crippen molar-refractivity contribution in [2.45, 2.75) is 0 Å². The third-order valence-corrected chi connectivity index (χ3v) is 1.06. The van der Waals surface area contributed by atoms with Crippen molar-refractivity contribution in [1.82, 2.24) is 15.4 Å². The van der Waals surface area contributed by atoms with Gasteiger partial charge in [-0.1, -0.05) is 0 Å². The molecule has 1 fully saturated rings. The molecular weight excluding hydrogens is 102 g/mol. The molecule has 1 aliphatic heterocycles. The van der Waals surface area contributed by atoms with Crippen LogP contribution >= 0.6 is 0 Å². The predicted molar refractivity (Wildman–Crippen MR) is 36.5 cm³/mol. The van der Waals surface area contributed by atoms with Crippen LogP contribution in [0.25, 0.3) is 0 Å². The molecule has 8 heavy (non-hydrogen) atoms. The topological polar surface area (TPSA) is 45.3 Å². The molecule has 1 rings (SSSR count). The van der Waals surface area contributed by atoms with E-state index in [1.54, 1.807) is 7.11 Å². The summed E-state index contributed by atoms with van der Waals surface area (Å²) in [6.45, 7) is 0. The maximum absolute atomic E-state index is 4.93. The van der Waals surface area contributed by atoms with E-state index in [1.165, 1.54) is 0 Å². The van der Waals surface area contributed by atoms with Crippen LogP contribution in [0, 0.1) is 0 Å². The molecule has 0 spiro atoms. The second-order valence-electron chi connectivity index (χ2n) is 1.63. The first-order chi connectivity index (χ1) is 3.93. The van der Waals surface area contributed by atoms with Gasteiger partial charge in [-0.15, -0.1) is 0 Å². The van der Waals surface area contributed by atoms with Gasteiger partial charge < -0.3 is 20.1 Å². The molecule has 42 valence electrons. The van der Waals surface area contributed by atoms with Crippen molar-refractivity contribution in [3.8, 4) is 0 Å². The van der Waals surface area contributed by atoms with Crippen molar-refractivity contribution >= 4 is 22.3 Å². The summed E-state index contributed by atoms with van der Waals surface area (Å²) in [6.07, 6.45) is 0. The fourth-order valence-electron chi connectivity index (χ4n) is 0.631. The second-order valence-corrected chi connectivity index (χ2v) is 1.63. The molecule has 0 aromatic heterocycles.